The highest BCUT2D eigenvalue weighted by Crippen LogP contribution is 2.20. The predicted octanol–water partition coefficient (Wildman–Crippen LogP) is 3.33. The van der Waals surface area contributed by atoms with Gasteiger partial charge in [-0.25, -0.2) is 4.79 Å². The Labute approximate surface area is 131 Å². The molecule has 2 rings (SSSR count). The number of hydrogen-bond acceptors (Lipinski definition) is 2. The summed E-state index contributed by atoms with van der Waals surface area (Å²) in [5.74, 6) is 0. The van der Waals surface area contributed by atoms with Crippen molar-refractivity contribution < 1.29 is 9.90 Å². The van der Waals surface area contributed by atoms with Crippen LogP contribution >= 0.6 is 0 Å². The van der Waals surface area contributed by atoms with Gasteiger partial charge in [-0.3, -0.25) is 0 Å². The Kier molecular flexibility index (Phi) is 4.83. The maximum Gasteiger partial charge on any atom is 0.319 e. The molecule has 2 amide bonds. The van der Waals surface area contributed by atoms with E-state index >= 15 is 0 Å². The van der Waals surface area contributed by atoms with Crippen LogP contribution in [0.4, 0.5) is 10.5 Å². The topological polar surface area (TPSA) is 61.4 Å². The summed E-state index contributed by atoms with van der Waals surface area (Å²) in [7, 11) is 0. The Hall–Kier alpha value is -2.33. The van der Waals surface area contributed by atoms with Gasteiger partial charge in [-0.15, -0.1) is 0 Å². The summed E-state index contributed by atoms with van der Waals surface area (Å²) >= 11 is 0. The number of amides is 2. The van der Waals surface area contributed by atoms with E-state index in [0.29, 0.717) is 0 Å². The predicted molar refractivity (Wildman–Crippen MR) is 89.0 cm³/mol. The van der Waals surface area contributed by atoms with Crippen molar-refractivity contribution in [1.29, 1.82) is 0 Å². The van der Waals surface area contributed by atoms with Crippen LogP contribution in [-0.2, 0) is 5.60 Å². The smallest absolute Gasteiger partial charge is 0.319 e. The van der Waals surface area contributed by atoms with Crippen LogP contribution in [0.25, 0.3) is 0 Å². The molecule has 0 aliphatic rings. The van der Waals surface area contributed by atoms with E-state index in [4.69, 9.17) is 0 Å². The third kappa shape index (κ3) is 3.86. The fourth-order valence-corrected chi connectivity index (χ4v) is 2.20. The first kappa shape index (κ1) is 16.0. The molecular weight excluding hydrogens is 276 g/mol. The van der Waals surface area contributed by atoms with Crippen molar-refractivity contribution in [2.75, 3.05) is 11.9 Å². The van der Waals surface area contributed by atoms with E-state index < -0.39 is 5.60 Å². The van der Waals surface area contributed by atoms with Crippen molar-refractivity contribution in [2.45, 2.75) is 26.4 Å². The average molecular weight is 298 g/mol. The zero-order valence-electron chi connectivity index (χ0n) is 13.2. The molecule has 0 aliphatic heterocycles. The molecule has 116 valence electrons. The highest BCUT2D eigenvalue weighted by atomic mass is 16.3. The Morgan fingerprint density at radius 1 is 1.09 bits per heavy atom. The monoisotopic (exact) mass is 298 g/mol. The largest absolute Gasteiger partial charge is 0.384 e. The van der Waals surface area contributed by atoms with E-state index in [2.05, 4.69) is 10.6 Å². The summed E-state index contributed by atoms with van der Waals surface area (Å²) in [5.41, 5.74) is 2.58. The molecule has 1 unspecified atom stereocenters. The lowest BCUT2D eigenvalue weighted by Gasteiger charge is -2.24. The van der Waals surface area contributed by atoms with E-state index in [9.17, 15) is 9.90 Å². The number of anilines is 1. The summed E-state index contributed by atoms with van der Waals surface area (Å²) in [6.45, 7) is 5.78. The molecule has 22 heavy (non-hydrogen) atoms. The van der Waals surface area contributed by atoms with Gasteiger partial charge in [0.15, 0.2) is 0 Å². The minimum Gasteiger partial charge on any atom is -0.384 e. The maximum atomic E-state index is 12.0. The first-order valence-corrected chi connectivity index (χ1v) is 7.29. The number of benzene rings is 2. The van der Waals surface area contributed by atoms with Gasteiger partial charge in [-0.05, 0) is 43.5 Å². The number of nitrogens with one attached hydrogen (secondary N) is 2. The van der Waals surface area contributed by atoms with Gasteiger partial charge in [0.2, 0.25) is 0 Å². The molecule has 0 saturated heterocycles. The molecule has 0 fully saturated rings. The second kappa shape index (κ2) is 6.62. The zero-order chi connectivity index (χ0) is 16.2. The fraction of sp³-hybridized carbons (Fsp3) is 0.278. The minimum atomic E-state index is -1.11. The molecule has 4 heteroatoms. The number of carbonyl (C=O) groups excluding carboxylic acids is 1. The number of aryl methyl sites for hydroxylation is 1. The Morgan fingerprint density at radius 3 is 2.45 bits per heavy atom. The van der Waals surface area contributed by atoms with Gasteiger partial charge in [0.25, 0.3) is 0 Å². The number of hydrogen-bond donors (Lipinski definition) is 3. The van der Waals surface area contributed by atoms with Crippen LogP contribution in [0, 0.1) is 13.8 Å². The highest BCUT2D eigenvalue weighted by molar-refractivity contribution is 5.90. The van der Waals surface area contributed by atoms with Gasteiger partial charge < -0.3 is 15.7 Å². The second-order valence-electron chi connectivity index (χ2n) is 5.70. The van der Waals surface area contributed by atoms with Gasteiger partial charge in [0.05, 0.1) is 6.54 Å². The van der Waals surface area contributed by atoms with Crippen molar-refractivity contribution in [3.05, 3.63) is 65.2 Å². The van der Waals surface area contributed by atoms with E-state index in [1.807, 2.05) is 62.4 Å². The zero-order valence-corrected chi connectivity index (χ0v) is 13.2. The maximum absolute atomic E-state index is 12.0. The SMILES string of the molecule is Cc1cccc(NC(=O)NCC(C)(O)c2ccccc2)c1C. The summed E-state index contributed by atoms with van der Waals surface area (Å²) in [5, 5.41) is 16.0. The van der Waals surface area contributed by atoms with E-state index in [1.165, 1.54) is 0 Å². The average Bonchev–Trinajstić information content (AvgIpc) is 2.51. The first-order chi connectivity index (χ1) is 10.4. The number of aliphatic hydroxyl groups is 1. The summed E-state index contributed by atoms with van der Waals surface area (Å²) in [6, 6.07) is 14.7. The summed E-state index contributed by atoms with van der Waals surface area (Å²) < 4.78 is 0. The van der Waals surface area contributed by atoms with Gasteiger partial charge >= 0.3 is 6.03 Å². The highest BCUT2D eigenvalue weighted by Gasteiger charge is 2.23. The Balaban J connectivity index is 1.97. The van der Waals surface area contributed by atoms with E-state index in [0.717, 1.165) is 22.4 Å². The van der Waals surface area contributed by atoms with Crippen LogP contribution in [0.3, 0.4) is 0 Å². The minimum absolute atomic E-state index is 0.133. The molecule has 2 aromatic carbocycles. The van der Waals surface area contributed by atoms with Crippen LogP contribution in [0.5, 0.6) is 0 Å². The van der Waals surface area contributed by atoms with Crippen LogP contribution < -0.4 is 10.6 Å². The molecule has 4 nitrogen and oxygen atoms in total. The van der Waals surface area contributed by atoms with Crippen molar-refractivity contribution in [3.8, 4) is 0 Å². The molecule has 1 atom stereocenters. The molecule has 0 heterocycles. The molecule has 0 aliphatic carbocycles. The van der Waals surface area contributed by atoms with Crippen molar-refractivity contribution in [2.24, 2.45) is 0 Å². The lowest BCUT2D eigenvalue weighted by molar-refractivity contribution is 0.0599. The number of rotatable bonds is 4. The van der Waals surface area contributed by atoms with Crippen molar-refractivity contribution in [3.63, 3.8) is 0 Å². The van der Waals surface area contributed by atoms with Gasteiger partial charge in [-0.2, -0.15) is 0 Å². The second-order valence-corrected chi connectivity index (χ2v) is 5.70. The summed E-state index contributed by atoms with van der Waals surface area (Å²) in [6.07, 6.45) is 0. The van der Waals surface area contributed by atoms with Crippen molar-refractivity contribution >= 4 is 11.7 Å². The molecule has 2 aromatic rings. The van der Waals surface area contributed by atoms with Gasteiger partial charge in [0.1, 0.15) is 5.60 Å². The third-order valence-corrected chi connectivity index (χ3v) is 3.84. The molecule has 0 aromatic heterocycles. The lowest BCUT2D eigenvalue weighted by Crippen LogP contribution is -2.40. The molecule has 0 spiro atoms. The molecular formula is C18H22N2O2. The van der Waals surface area contributed by atoms with Crippen LogP contribution in [0.1, 0.15) is 23.6 Å². The molecule has 0 bridgehead atoms. The van der Waals surface area contributed by atoms with Crippen LogP contribution in [-0.4, -0.2) is 17.7 Å². The molecule has 0 saturated carbocycles. The Bertz CT molecular complexity index is 651. The van der Waals surface area contributed by atoms with E-state index in [-0.39, 0.29) is 12.6 Å². The van der Waals surface area contributed by atoms with Crippen LogP contribution in [0.2, 0.25) is 0 Å². The normalized spacial score (nSPS) is 13.3. The number of carbonyl (C=O) groups is 1. The van der Waals surface area contributed by atoms with Gasteiger partial charge in [-0.1, -0.05) is 42.5 Å². The number of urea groups is 1. The van der Waals surface area contributed by atoms with Crippen LogP contribution in [0.15, 0.2) is 48.5 Å². The quantitative estimate of drug-likeness (QED) is 0.810. The van der Waals surface area contributed by atoms with E-state index in [1.54, 1.807) is 6.92 Å². The fourth-order valence-electron chi connectivity index (χ4n) is 2.20. The first-order valence-electron chi connectivity index (χ1n) is 7.29. The molecule has 3 N–H and O–H groups in total. The Morgan fingerprint density at radius 2 is 1.77 bits per heavy atom. The van der Waals surface area contributed by atoms with Crippen molar-refractivity contribution in [1.82, 2.24) is 5.32 Å². The summed E-state index contributed by atoms with van der Waals surface area (Å²) in [4.78, 5) is 12.0. The molecule has 0 radical (unpaired) electrons. The van der Waals surface area contributed by atoms with Gasteiger partial charge in [0, 0.05) is 5.69 Å². The third-order valence-electron chi connectivity index (χ3n) is 3.84. The standard InChI is InChI=1S/C18H22N2O2/c1-13-8-7-11-16(14(13)2)20-17(21)19-12-18(3,22)15-9-5-4-6-10-15/h4-11,22H,12H2,1-3H3,(H2,19,20,21). The lowest BCUT2D eigenvalue weighted by atomic mass is 9.96.